The van der Waals surface area contributed by atoms with E-state index in [1.807, 2.05) is 6.07 Å². The van der Waals surface area contributed by atoms with Crippen molar-refractivity contribution in [3.63, 3.8) is 0 Å². The van der Waals surface area contributed by atoms with Crippen LogP contribution < -0.4 is 5.73 Å². The van der Waals surface area contributed by atoms with Gasteiger partial charge in [-0.1, -0.05) is 0 Å². The van der Waals surface area contributed by atoms with E-state index in [1.54, 1.807) is 26.0 Å². The number of nitrogens with one attached hydrogen (secondary N) is 2. The Balaban J connectivity index is 1.96. The minimum Gasteiger partial charge on any atom is -0.392 e. The third-order valence-electron chi connectivity index (χ3n) is 4.14. The molecule has 0 unspecified atom stereocenters. The number of H-pyrrole nitrogens is 1. The molecular weight excluding hydrogens is 314 g/mol. The molecule has 3 rings (SSSR count). The second-order valence-corrected chi connectivity index (χ2v) is 6.19. The van der Waals surface area contributed by atoms with Crippen molar-refractivity contribution in [2.45, 2.75) is 43.5 Å². The zero-order valence-electron chi connectivity index (χ0n) is 13.3. The van der Waals surface area contributed by atoms with Crippen molar-refractivity contribution in [2.75, 3.05) is 6.61 Å². The largest absolute Gasteiger partial charge is 0.392 e. The minimum absolute atomic E-state index is 0.156. The summed E-state index contributed by atoms with van der Waals surface area (Å²) in [5.41, 5.74) is 5.39. The molecule has 0 spiro atoms. The summed E-state index contributed by atoms with van der Waals surface area (Å²) in [6.07, 6.45) is -1.06. The van der Waals surface area contributed by atoms with Crippen LogP contribution in [0.4, 0.5) is 0 Å². The van der Waals surface area contributed by atoms with E-state index in [0.717, 1.165) is 6.34 Å². The predicted molar refractivity (Wildman–Crippen MR) is 83.4 cm³/mol. The lowest BCUT2D eigenvalue weighted by atomic mass is 9.96. The van der Waals surface area contributed by atoms with Crippen LogP contribution in [0, 0.1) is 16.7 Å². The summed E-state index contributed by atoms with van der Waals surface area (Å²) in [6.45, 7) is 2.99. The van der Waals surface area contributed by atoms with Gasteiger partial charge < -0.3 is 30.0 Å². The lowest BCUT2D eigenvalue weighted by Crippen LogP contribution is -2.45. The highest BCUT2D eigenvalue weighted by Crippen LogP contribution is 2.49. The monoisotopic (exact) mass is 333 g/mol. The quantitative estimate of drug-likeness (QED) is 0.456. The van der Waals surface area contributed by atoms with Crippen molar-refractivity contribution in [1.29, 1.82) is 10.7 Å². The number of amidine groups is 1. The maximum atomic E-state index is 9.70. The van der Waals surface area contributed by atoms with Gasteiger partial charge >= 0.3 is 0 Å². The summed E-state index contributed by atoms with van der Waals surface area (Å²) in [4.78, 5) is 6.76. The van der Waals surface area contributed by atoms with Gasteiger partial charge in [0, 0.05) is 5.69 Å². The van der Waals surface area contributed by atoms with Crippen LogP contribution in [0.2, 0.25) is 0 Å². The summed E-state index contributed by atoms with van der Waals surface area (Å²) >= 11 is 0. The molecular formula is C15H19N5O4. The number of hydrogen-bond donors (Lipinski definition) is 4. The molecule has 0 aliphatic carbocycles. The van der Waals surface area contributed by atoms with E-state index >= 15 is 0 Å². The smallest absolute Gasteiger partial charge is 0.206 e. The molecule has 0 saturated carbocycles. The normalized spacial score (nSPS) is 34.8. The maximum absolute atomic E-state index is 9.70. The van der Waals surface area contributed by atoms with Gasteiger partial charge in [0.15, 0.2) is 5.79 Å². The van der Waals surface area contributed by atoms with Crippen LogP contribution in [0.5, 0.6) is 0 Å². The molecule has 2 saturated heterocycles. The van der Waals surface area contributed by atoms with Crippen LogP contribution in [-0.4, -0.2) is 52.5 Å². The second kappa shape index (κ2) is 5.68. The molecule has 0 aromatic carbocycles. The summed E-state index contributed by atoms with van der Waals surface area (Å²) in [5.74, 6) is -0.728. The zero-order chi connectivity index (χ0) is 17.5. The highest BCUT2D eigenvalue weighted by Gasteiger charge is 2.63. The predicted octanol–water partition coefficient (Wildman–Crippen LogP) is 0.173. The number of nitrogens with zero attached hydrogens (tertiary/aromatic N) is 2. The number of ether oxygens (including phenoxy) is 3. The molecule has 5 N–H and O–H groups in total. The van der Waals surface area contributed by atoms with Gasteiger partial charge in [-0.15, -0.1) is 0 Å². The van der Waals surface area contributed by atoms with Crippen LogP contribution >= 0.6 is 0 Å². The summed E-state index contributed by atoms with van der Waals surface area (Å²) < 4.78 is 17.5. The van der Waals surface area contributed by atoms with Gasteiger partial charge in [0.2, 0.25) is 5.60 Å². The molecule has 1 aromatic rings. The average molecular weight is 333 g/mol. The van der Waals surface area contributed by atoms with E-state index in [-0.39, 0.29) is 5.84 Å². The van der Waals surface area contributed by atoms with Crippen molar-refractivity contribution in [2.24, 2.45) is 10.7 Å². The number of rotatable bonds is 4. The topological polar surface area (TPSA) is 150 Å². The molecule has 2 aliphatic heterocycles. The van der Waals surface area contributed by atoms with E-state index in [4.69, 9.17) is 25.4 Å². The van der Waals surface area contributed by atoms with Gasteiger partial charge in [0.05, 0.1) is 12.3 Å². The van der Waals surface area contributed by atoms with Crippen molar-refractivity contribution < 1.29 is 19.3 Å². The number of hydrogen-bond acceptors (Lipinski definition) is 6. The average Bonchev–Trinajstić information content (AvgIpc) is 3.20. The Morgan fingerprint density at radius 3 is 2.88 bits per heavy atom. The fourth-order valence-corrected chi connectivity index (χ4v) is 3.09. The van der Waals surface area contributed by atoms with Crippen molar-refractivity contribution in [3.05, 3.63) is 23.5 Å². The number of nitrogens with two attached hydrogens (primary N) is 1. The van der Waals surface area contributed by atoms with Crippen LogP contribution in [0.1, 0.15) is 31.3 Å². The molecule has 9 heteroatoms. The third-order valence-corrected chi connectivity index (χ3v) is 4.14. The van der Waals surface area contributed by atoms with Gasteiger partial charge in [-0.05, 0) is 26.0 Å². The second-order valence-electron chi connectivity index (χ2n) is 6.19. The highest BCUT2D eigenvalue weighted by atomic mass is 16.8. The van der Waals surface area contributed by atoms with E-state index in [2.05, 4.69) is 9.98 Å². The van der Waals surface area contributed by atoms with Crippen LogP contribution in [0.15, 0.2) is 17.1 Å². The van der Waals surface area contributed by atoms with E-state index < -0.39 is 36.3 Å². The van der Waals surface area contributed by atoms with Gasteiger partial charge in [-0.3, -0.25) is 5.41 Å². The number of aromatic amines is 1. The number of fused-ring (bicyclic) bond motifs is 1. The molecule has 3 heterocycles. The Bertz CT molecular complexity index is 722. The Morgan fingerprint density at radius 1 is 1.50 bits per heavy atom. The van der Waals surface area contributed by atoms with E-state index in [1.165, 1.54) is 0 Å². The Morgan fingerprint density at radius 2 is 2.25 bits per heavy atom. The molecule has 0 radical (unpaired) electrons. The Kier molecular flexibility index (Phi) is 3.93. The molecule has 0 bridgehead atoms. The summed E-state index contributed by atoms with van der Waals surface area (Å²) in [6, 6.07) is 5.45. The Hall–Kier alpha value is -2.25. The first-order chi connectivity index (χ1) is 11.4. The third kappa shape index (κ3) is 2.50. The molecule has 9 nitrogen and oxygen atoms in total. The first kappa shape index (κ1) is 16.6. The number of aliphatic imine (C=N–C) groups is 1. The first-order valence-corrected chi connectivity index (χ1v) is 7.43. The first-order valence-electron chi connectivity index (χ1n) is 7.43. The fraction of sp³-hybridized carbons (Fsp3) is 0.533. The van der Waals surface area contributed by atoms with Crippen molar-refractivity contribution in [3.8, 4) is 6.07 Å². The van der Waals surface area contributed by atoms with Gasteiger partial charge in [0.25, 0.3) is 0 Å². The van der Waals surface area contributed by atoms with Gasteiger partial charge in [-0.25, -0.2) is 4.99 Å². The molecule has 128 valence electrons. The SMILES string of the molecule is CC1(C)O[C@H]2[C@H](c3ccc(/C(N)=N\C=N)[nH]3)O[C@](C#N)(CO)[C@H]2O1. The number of nitriles is 1. The molecule has 4 atom stereocenters. The van der Waals surface area contributed by atoms with Gasteiger partial charge in [-0.2, -0.15) is 5.26 Å². The molecule has 24 heavy (non-hydrogen) atoms. The standard InChI is InChI=1S/C15H19N5O4/c1-14(2)22-11-10(23-15(5-16,6-21)12(11)24-14)8-3-4-9(20-8)13(18)19-7-17/h3-4,7,10-12,20-21H,6H2,1-2H3,(H3,17,18,19)/t10-,11-,12-,15+/m0/s1. The number of aromatic nitrogens is 1. The maximum Gasteiger partial charge on any atom is 0.206 e. The van der Waals surface area contributed by atoms with Crippen LogP contribution in [-0.2, 0) is 14.2 Å². The molecule has 2 aliphatic rings. The highest BCUT2D eigenvalue weighted by molar-refractivity contribution is 5.99. The molecule has 2 fully saturated rings. The lowest BCUT2D eigenvalue weighted by Gasteiger charge is -2.27. The molecule has 0 amide bonds. The van der Waals surface area contributed by atoms with Crippen molar-refractivity contribution in [1.82, 2.24) is 4.98 Å². The summed E-state index contributed by atoms with van der Waals surface area (Å²) in [7, 11) is 0. The lowest BCUT2D eigenvalue weighted by molar-refractivity contribution is -0.204. The Labute approximate surface area is 138 Å². The minimum atomic E-state index is -1.50. The zero-order valence-corrected chi connectivity index (χ0v) is 13.3. The summed E-state index contributed by atoms with van der Waals surface area (Å²) in [5, 5.41) is 26.2. The number of aliphatic hydroxyl groups excluding tert-OH is 1. The molecule has 1 aromatic heterocycles. The van der Waals surface area contributed by atoms with Crippen LogP contribution in [0.3, 0.4) is 0 Å². The number of aliphatic hydroxyl groups is 1. The van der Waals surface area contributed by atoms with Crippen molar-refractivity contribution >= 4 is 12.2 Å². The van der Waals surface area contributed by atoms with E-state index in [9.17, 15) is 10.4 Å². The fourth-order valence-electron chi connectivity index (χ4n) is 3.09. The van der Waals surface area contributed by atoms with Crippen LogP contribution in [0.25, 0.3) is 0 Å². The van der Waals surface area contributed by atoms with E-state index in [0.29, 0.717) is 11.4 Å². The van der Waals surface area contributed by atoms with Gasteiger partial charge in [0.1, 0.15) is 36.6 Å².